The zero-order chi connectivity index (χ0) is 12.5. The molecule has 1 aliphatic carbocycles. The molecule has 1 aromatic carbocycles. The van der Waals surface area contributed by atoms with Gasteiger partial charge in [0, 0.05) is 12.0 Å². The molecule has 4 heteroatoms. The Labute approximate surface area is 116 Å². The smallest absolute Gasteiger partial charge is 0.109 e. The Kier molecular flexibility index (Phi) is 3.23. The van der Waals surface area contributed by atoms with Gasteiger partial charge >= 0.3 is 0 Å². The van der Waals surface area contributed by atoms with Crippen LogP contribution in [0.1, 0.15) is 30.2 Å². The van der Waals surface area contributed by atoms with E-state index in [9.17, 15) is 0 Å². The number of hydrogen-bond acceptors (Lipinski definition) is 2. The molecule has 1 atom stereocenters. The topological polar surface area (TPSA) is 25.2 Å². The molecular formula is C14H13Cl2NO. The largest absolute Gasteiger partial charge is 0.469 e. The SMILES string of the molecule is Clc1cccc(NC2CCCc3occc32)c1Cl. The van der Waals surface area contributed by atoms with Gasteiger partial charge < -0.3 is 9.73 Å². The first-order valence-corrected chi connectivity index (χ1v) is 6.78. The zero-order valence-electron chi connectivity index (χ0n) is 9.75. The lowest BCUT2D eigenvalue weighted by atomic mass is 9.93. The minimum Gasteiger partial charge on any atom is -0.469 e. The van der Waals surface area contributed by atoms with Gasteiger partial charge in [-0.2, -0.15) is 0 Å². The first kappa shape index (κ1) is 11.9. The summed E-state index contributed by atoms with van der Waals surface area (Å²) in [7, 11) is 0. The molecule has 3 rings (SSSR count). The van der Waals surface area contributed by atoms with Crippen LogP contribution in [0.5, 0.6) is 0 Å². The van der Waals surface area contributed by atoms with Crippen molar-refractivity contribution in [2.24, 2.45) is 0 Å². The molecule has 0 radical (unpaired) electrons. The second-order valence-electron chi connectivity index (χ2n) is 4.49. The summed E-state index contributed by atoms with van der Waals surface area (Å²) in [5.41, 5.74) is 2.11. The van der Waals surface area contributed by atoms with Crippen molar-refractivity contribution in [2.75, 3.05) is 5.32 Å². The average Bonchev–Trinajstić information content (AvgIpc) is 2.84. The van der Waals surface area contributed by atoms with Gasteiger partial charge in [-0.05, 0) is 31.0 Å². The molecule has 94 valence electrons. The van der Waals surface area contributed by atoms with Crippen LogP contribution >= 0.6 is 23.2 Å². The molecule has 0 saturated carbocycles. The van der Waals surface area contributed by atoms with Crippen LogP contribution in [0, 0.1) is 0 Å². The summed E-state index contributed by atoms with van der Waals surface area (Å²) < 4.78 is 5.48. The monoisotopic (exact) mass is 281 g/mol. The van der Waals surface area contributed by atoms with Crippen molar-refractivity contribution in [1.29, 1.82) is 0 Å². The molecule has 1 heterocycles. The molecule has 1 N–H and O–H groups in total. The van der Waals surface area contributed by atoms with E-state index in [1.54, 1.807) is 12.3 Å². The lowest BCUT2D eigenvalue weighted by molar-refractivity contribution is 0.461. The van der Waals surface area contributed by atoms with Gasteiger partial charge in [-0.3, -0.25) is 0 Å². The molecular weight excluding hydrogens is 269 g/mol. The highest BCUT2D eigenvalue weighted by Crippen LogP contribution is 2.36. The van der Waals surface area contributed by atoms with E-state index in [0.29, 0.717) is 10.0 Å². The van der Waals surface area contributed by atoms with Crippen LogP contribution in [-0.2, 0) is 6.42 Å². The number of fused-ring (bicyclic) bond motifs is 1. The number of furan rings is 1. The van der Waals surface area contributed by atoms with E-state index in [0.717, 1.165) is 30.7 Å². The van der Waals surface area contributed by atoms with Crippen molar-refractivity contribution < 1.29 is 4.42 Å². The number of anilines is 1. The van der Waals surface area contributed by atoms with Crippen LogP contribution in [0.4, 0.5) is 5.69 Å². The minimum absolute atomic E-state index is 0.253. The van der Waals surface area contributed by atoms with Gasteiger partial charge in [0.25, 0.3) is 0 Å². The van der Waals surface area contributed by atoms with E-state index < -0.39 is 0 Å². The van der Waals surface area contributed by atoms with Gasteiger partial charge in [-0.1, -0.05) is 29.3 Å². The van der Waals surface area contributed by atoms with Gasteiger partial charge in [0.05, 0.1) is 28.0 Å². The quantitative estimate of drug-likeness (QED) is 0.831. The fraction of sp³-hybridized carbons (Fsp3) is 0.286. The number of hydrogen-bond donors (Lipinski definition) is 1. The lowest BCUT2D eigenvalue weighted by Crippen LogP contribution is -2.16. The highest BCUT2D eigenvalue weighted by atomic mass is 35.5. The maximum absolute atomic E-state index is 6.20. The Morgan fingerprint density at radius 1 is 1.22 bits per heavy atom. The molecule has 0 aliphatic heterocycles. The lowest BCUT2D eigenvalue weighted by Gasteiger charge is -2.24. The van der Waals surface area contributed by atoms with E-state index in [4.69, 9.17) is 27.6 Å². The molecule has 1 aromatic heterocycles. The van der Waals surface area contributed by atoms with Gasteiger partial charge in [-0.25, -0.2) is 0 Å². The summed E-state index contributed by atoms with van der Waals surface area (Å²) in [6.45, 7) is 0. The first-order valence-electron chi connectivity index (χ1n) is 6.02. The molecule has 0 saturated heterocycles. The highest BCUT2D eigenvalue weighted by molar-refractivity contribution is 6.43. The average molecular weight is 282 g/mol. The second kappa shape index (κ2) is 4.87. The molecule has 0 amide bonds. The maximum atomic E-state index is 6.20. The van der Waals surface area contributed by atoms with E-state index >= 15 is 0 Å². The van der Waals surface area contributed by atoms with E-state index in [-0.39, 0.29) is 6.04 Å². The molecule has 1 unspecified atom stereocenters. The van der Waals surface area contributed by atoms with E-state index in [1.165, 1.54) is 5.56 Å². The number of aryl methyl sites for hydroxylation is 1. The van der Waals surface area contributed by atoms with Crippen molar-refractivity contribution in [3.05, 3.63) is 51.9 Å². The Balaban J connectivity index is 1.88. The summed E-state index contributed by atoms with van der Waals surface area (Å²) in [5, 5.41) is 4.61. The van der Waals surface area contributed by atoms with Crippen molar-refractivity contribution in [1.82, 2.24) is 0 Å². The Bertz CT molecular complexity index is 565. The van der Waals surface area contributed by atoms with Gasteiger partial charge in [0.1, 0.15) is 5.76 Å². The van der Waals surface area contributed by atoms with Crippen LogP contribution in [0.2, 0.25) is 10.0 Å². The first-order chi connectivity index (χ1) is 8.75. The Morgan fingerprint density at radius 2 is 2.11 bits per heavy atom. The second-order valence-corrected chi connectivity index (χ2v) is 5.27. The van der Waals surface area contributed by atoms with E-state index in [1.807, 2.05) is 18.2 Å². The van der Waals surface area contributed by atoms with Gasteiger partial charge in [0.15, 0.2) is 0 Å². The number of rotatable bonds is 2. The molecule has 0 spiro atoms. The van der Waals surface area contributed by atoms with Crippen molar-refractivity contribution in [3.63, 3.8) is 0 Å². The van der Waals surface area contributed by atoms with Crippen LogP contribution < -0.4 is 5.32 Å². The third kappa shape index (κ3) is 2.11. The molecule has 1 aliphatic rings. The summed E-state index contributed by atoms with van der Waals surface area (Å²) >= 11 is 12.2. The van der Waals surface area contributed by atoms with Crippen LogP contribution in [-0.4, -0.2) is 0 Å². The standard InChI is InChI=1S/C14H13Cl2NO/c15-10-3-1-5-12(14(10)16)17-11-4-2-6-13-9(11)7-8-18-13/h1,3,5,7-8,11,17H,2,4,6H2. The third-order valence-corrected chi connectivity index (χ3v) is 4.15. The van der Waals surface area contributed by atoms with Gasteiger partial charge in [-0.15, -0.1) is 0 Å². The predicted molar refractivity (Wildman–Crippen MR) is 74.5 cm³/mol. The molecule has 0 fully saturated rings. The van der Waals surface area contributed by atoms with Crippen LogP contribution in [0.15, 0.2) is 34.9 Å². The summed E-state index contributed by atoms with van der Waals surface area (Å²) in [6, 6.07) is 7.92. The molecule has 2 nitrogen and oxygen atoms in total. The highest BCUT2D eigenvalue weighted by Gasteiger charge is 2.23. The molecule has 18 heavy (non-hydrogen) atoms. The minimum atomic E-state index is 0.253. The fourth-order valence-electron chi connectivity index (χ4n) is 2.44. The van der Waals surface area contributed by atoms with Crippen molar-refractivity contribution in [3.8, 4) is 0 Å². The Hall–Kier alpha value is -1.12. The summed E-state index contributed by atoms with van der Waals surface area (Å²) in [6.07, 6.45) is 4.97. The third-order valence-electron chi connectivity index (χ3n) is 3.33. The Morgan fingerprint density at radius 3 is 3.00 bits per heavy atom. The number of nitrogens with one attached hydrogen (secondary N) is 1. The molecule has 2 aromatic rings. The van der Waals surface area contributed by atoms with Crippen molar-refractivity contribution in [2.45, 2.75) is 25.3 Å². The van der Waals surface area contributed by atoms with Crippen molar-refractivity contribution >= 4 is 28.9 Å². The number of benzene rings is 1. The fourth-order valence-corrected chi connectivity index (χ4v) is 2.79. The van der Waals surface area contributed by atoms with Crippen LogP contribution in [0.25, 0.3) is 0 Å². The predicted octanol–water partition coefficient (Wildman–Crippen LogP) is 5.08. The summed E-state index contributed by atoms with van der Waals surface area (Å²) in [5.74, 6) is 1.08. The van der Waals surface area contributed by atoms with E-state index in [2.05, 4.69) is 5.32 Å². The van der Waals surface area contributed by atoms with Gasteiger partial charge in [0.2, 0.25) is 0 Å². The van der Waals surface area contributed by atoms with Crippen LogP contribution in [0.3, 0.4) is 0 Å². The molecule has 0 bridgehead atoms. The maximum Gasteiger partial charge on any atom is 0.109 e. The number of halogens is 2. The zero-order valence-corrected chi connectivity index (χ0v) is 11.3. The normalized spacial score (nSPS) is 18.4. The summed E-state index contributed by atoms with van der Waals surface area (Å²) in [4.78, 5) is 0.